The van der Waals surface area contributed by atoms with Crippen LogP contribution in [-0.2, 0) is 4.79 Å². The molecule has 3 rings (SSSR count). The van der Waals surface area contributed by atoms with Crippen molar-refractivity contribution < 1.29 is 14.0 Å². The number of nitrogens with zero attached hydrogens (tertiary/aromatic N) is 4. The van der Waals surface area contributed by atoms with E-state index in [0.717, 1.165) is 5.69 Å². The Kier molecular flexibility index (Phi) is 7.90. The second-order valence-electron chi connectivity index (χ2n) is 6.52. The lowest BCUT2D eigenvalue weighted by Gasteiger charge is -2.36. The Balaban J connectivity index is 0.00000155. The number of primary amides is 2. The van der Waals surface area contributed by atoms with Gasteiger partial charge in [-0.2, -0.15) is 4.98 Å². The van der Waals surface area contributed by atoms with Crippen LogP contribution in [0, 0.1) is 5.82 Å². The molecule has 0 radical (unpaired) electrons. The van der Waals surface area contributed by atoms with Gasteiger partial charge >= 0.3 is 0 Å². The van der Waals surface area contributed by atoms with Crippen LogP contribution in [0.25, 0.3) is 0 Å². The highest BCUT2D eigenvalue weighted by molar-refractivity contribution is 5.92. The second kappa shape index (κ2) is 10.4. The van der Waals surface area contributed by atoms with E-state index >= 15 is 0 Å². The Hall–Kier alpha value is -3.43. The fourth-order valence-electron chi connectivity index (χ4n) is 2.89. The molecule has 9 nitrogen and oxygen atoms in total. The summed E-state index contributed by atoms with van der Waals surface area (Å²) in [5.74, 6) is -0.873. The van der Waals surface area contributed by atoms with Crippen LogP contribution in [-0.4, -0.2) is 54.0 Å². The smallest absolute Gasteiger partial charge is 0.267 e. The molecule has 1 saturated heterocycles. The highest BCUT2D eigenvalue weighted by Gasteiger charge is 2.22. The van der Waals surface area contributed by atoms with Crippen molar-refractivity contribution in [3.63, 3.8) is 0 Å². The van der Waals surface area contributed by atoms with E-state index in [1.807, 2.05) is 18.7 Å². The van der Waals surface area contributed by atoms with E-state index in [9.17, 15) is 14.0 Å². The Morgan fingerprint density at radius 3 is 2.13 bits per heavy atom. The average Bonchev–Trinajstić information content (AvgIpc) is 2.75. The molecule has 5 N–H and O–H groups in total. The van der Waals surface area contributed by atoms with Crippen LogP contribution in [0.2, 0.25) is 0 Å². The van der Waals surface area contributed by atoms with Crippen molar-refractivity contribution in [2.45, 2.75) is 26.8 Å². The zero-order chi connectivity index (χ0) is 22.3. The highest BCUT2D eigenvalue weighted by Crippen LogP contribution is 2.20. The molecule has 0 bridgehead atoms. The van der Waals surface area contributed by atoms with Gasteiger partial charge in [-0.25, -0.2) is 9.37 Å². The predicted molar refractivity (Wildman–Crippen MR) is 115 cm³/mol. The van der Waals surface area contributed by atoms with E-state index in [-0.39, 0.29) is 11.5 Å². The van der Waals surface area contributed by atoms with E-state index in [0.29, 0.717) is 37.9 Å². The lowest BCUT2D eigenvalue weighted by molar-refractivity contribution is -0.118. The molecule has 162 valence electrons. The summed E-state index contributed by atoms with van der Waals surface area (Å²) in [5, 5.41) is 2.85. The van der Waals surface area contributed by atoms with Gasteiger partial charge < -0.3 is 26.6 Å². The molecule has 1 fully saturated rings. The molecule has 2 heterocycles. The first-order valence-electron chi connectivity index (χ1n) is 9.83. The minimum atomic E-state index is -0.691. The van der Waals surface area contributed by atoms with Gasteiger partial charge in [0, 0.05) is 37.9 Å². The Bertz CT molecular complexity index is 868. The first-order valence-corrected chi connectivity index (χ1v) is 9.83. The van der Waals surface area contributed by atoms with Crippen LogP contribution in [0.3, 0.4) is 0 Å². The van der Waals surface area contributed by atoms with Gasteiger partial charge in [0.15, 0.2) is 0 Å². The molecule has 1 aliphatic rings. The Morgan fingerprint density at radius 2 is 1.60 bits per heavy atom. The minimum Gasteiger partial charge on any atom is -0.368 e. The molecular weight excluding hydrogens is 389 g/mol. The molecule has 1 unspecified atom stereocenters. The van der Waals surface area contributed by atoms with Crippen LogP contribution in [0.5, 0.6) is 0 Å². The summed E-state index contributed by atoms with van der Waals surface area (Å²) in [7, 11) is 0. The summed E-state index contributed by atoms with van der Waals surface area (Å²) in [6.45, 7) is 8.15. The molecular formula is C20H28FN7O2. The number of hydrogen-bond acceptors (Lipinski definition) is 7. The number of carbonyl (C=O) groups excluding carboxylic acids is 2. The van der Waals surface area contributed by atoms with Gasteiger partial charge in [0.05, 0.1) is 0 Å². The fraction of sp³-hybridized carbons (Fsp3) is 0.400. The highest BCUT2D eigenvalue weighted by atomic mass is 19.1. The topological polar surface area (TPSA) is 130 Å². The van der Waals surface area contributed by atoms with Gasteiger partial charge in [0.2, 0.25) is 11.9 Å². The van der Waals surface area contributed by atoms with E-state index in [1.165, 1.54) is 18.2 Å². The lowest BCUT2D eigenvalue weighted by Crippen LogP contribution is -2.47. The maximum atomic E-state index is 13.1. The van der Waals surface area contributed by atoms with E-state index in [1.54, 1.807) is 19.1 Å². The second-order valence-corrected chi connectivity index (χ2v) is 6.52. The zero-order valence-corrected chi connectivity index (χ0v) is 17.4. The summed E-state index contributed by atoms with van der Waals surface area (Å²) in [6.07, 6.45) is 0. The van der Waals surface area contributed by atoms with E-state index < -0.39 is 17.9 Å². The fourth-order valence-corrected chi connectivity index (χ4v) is 2.89. The van der Waals surface area contributed by atoms with Gasteiger partial charge in [-0.05, 0) is 31.2 Å². The van der Waals surface area contributed by atoms with Crippen LogP contribution in [0.4, 0.5) is 21.8 Å². The van der Waals surface area contributed by atoms with Gasteiger partial charge in [0.25, 0.3) is 5.91 Å². The van der Waals surface area contributed by atoms with E-state index in [4.69, 9.17) is 11.5 Å². The summed E-state index contributed by atoms with van der Waals surface area (Å²) in [5.41, 5.74) is 11.6. The third kappa shape index (κ3) is 5.79. The molecule has 30 heavy (non-hydrogen) atoms. The van der Waals surface area contributed by atoms with Gasteiger partial charge in [-0.15, -0.1) is 0 Å². The molecule has 1 aromatic heterocycles. The minimum absolute atomic E-state index is 0.0464. The monoisotopic (exact) mass is 417 g/mol. The molecule has 10 heteroatoms. The van der Waals surface area contributed by atoms with Gasteiger partial charge in [-0.1, -0.05) is 13.8 Å². The molecule has 1 atom stereocenters. The first kappa shape index (κ1) is 22.9. The maximum Gasteiger partial charge on any atom is 0.267 e. The molecule has 1 aromatic carbocycles. The van der Waals surface area contributed by atoms with Gasteiger partial charge in [-0.3, -0.25) is 9.59 Å². The lowest BCUT2D eigenvalue weighted by atomic mass is 10.2. The number of aromatic nitrogens is 2. The van der Waals surface area contributed by atoms with Crippen LogP contribution in [0.15, 0.2) is 30.3 Å². The zero-order valence-electron chi connectivity index (χ0n) is 17.4. The Morgan fingerprint density at radius 1 is 1.03 bits per heavy atom. The normalized spacial score (nSPS) is 14.4. The molecule has 0 saturated carbocycles. The number of anilines is 3. The van der Waals surface area contributed by atoms with Crippen molar-refractivity contribution >= 4 is 29.3 Å². The summed E-state index contributed by atoms with van der Waals surface area (Å²) in [6, 6.07) is 7.06. The standard InChI is InChI=1S/C18H22FN7O2.C2H6/c1-11(16(20)27)22-15-10-14(17(21)28)23-18(24-15)26-8-6-25(7-9-26)13-4-2-12(19)3-5-13;1-2/h2-5,10-11H,6-9H2,1H3,(H2,20,27)(H2,21,28)(H,22,23,24);1-2H3. The average molecular weight is 417 g/mol. The molecule has 1 aliphatic heterocycles. The molecule has 2 aromatic rings. The van der Waals surface area contributed by atoms with Crippen LogP contribution >= 0.6 is 0 Å². The van der Waals surface area contributed by atoms with Crippen molar-refractivity contribution in [3.05, 3.63) is 41.8 Å². The number of halogens is 1. The van der Waals surface area contributed by atoms with Crippen LogP contribution in [0.1, 0.15) is 31.3 Å². The SMILES string of the molecule is CC.CC(Nc1cc(C(N)=O)nc(N2CCN(c3ccc(F)cc3)CC2)n1)C(N)=O. The number of amides is 2. The number of rotatable bonds is 6. The largest absolute Gasteiger partial charge is 0.368 e. The quantitative estimate of drug-likeness (QED) is 0.647. The van der Waals surface area contributed by atoms with Crippen molar-refractivity contribution in [2.75, 3.05) is 41.3 Å². The van der Waals surface area contributed by atoms with Crippen molar-refractivity contribution in [1.29, 1.82) is 0 Å². The van der Waals surface area contributed by atoms with Gasteiger partial charge in [0.1, 0.15) is 23.4 Å². The van der Waals surface area contributed by atoms with E-state index in [2.05, 4.69) is 20.2 Å². The number of carbonyl (C=O) groups is 2. The third-order valence-corrected chi connectivity index (χ3v) is 4.51. The molecule has 0 aliphatic carbocycles. The number of hydrogen-bond donors (Lipinski definition) is 3. The maximum absolute atomic E-state index is 13.1. The third-order valence-electron chi connectivity index (χ3n) is 4.51. The number of benzene rings is 1. The number of nitrogens with two attached hydrogens (primary N) is 2. The van der Waals surface area contributed by atoms with Crippen LogP contribution < -0.4 is 26.6 Å². The van der Waals surface area contributed by atoms with Crippen molar-refractivity contribution in [2.24, 2.45) is 11.5 Å². The predicted octanol–water partition coefficient (Wildman–Crippen LogP) is 1.35. The molecule has 0 spiro atoms. The van der Waals surface area contributed by atoms with Crippen molar-refractivity contribution in [3.8, 4) is 0 Å². The summed E-state index contributed by atoms with van der Waals surface area (Å²) in [4.78, 5) is 35.6. The van der Waals surface area contributed by atoms with Crippen molar-refractivity contribution in [1.82, 2.24) is 9.97 Å². The number of piperazine rings is 1. The first-order chi connectivity index (χ1) is 14.3. The molecule has 2 amide bonds. The Labute approximate surface area is 175 Å². The summed E-state index contributed by atoms with van der Waals surface area (Å²) < 4.78 is 13.1. The number of nitrogens with one attached hydrogen (secondary N) is 1. The summed E-state index contributed by atoms with van der Waals surface area (Å²) >= 11 is 0.